The van der Waals surface area contributed by atoms with Gasteiger partial charge >= 0.3 is 0 Å². The van der Waals surface area contributed by atoms with E-state index in [1.807, 2.05) is 32.0 Å². The maximum Gasteiger partial charge on any atom is 0.224 e. The normalized spacial score (nSPS) is 24.8. The third kappa shape index (κ3) is 6.50. The summed E-state index contributed by atoms with van der Waals surface area (Å²) in [5, 5.41) is 12.4. The standard InChI is InChI=1S/C26H34N2O3/c1-17(2)12-20(14-25(30)23-15-22(23)18-8-4-3-5-9-18)26(31)28-21(16-27)13-19-10-6-7-11-24(19)29/h3-5,8-9,17,19-23H,6-7,10-15H2,1-2H3,(H,28,31)/t19-,20+,21-,22-,23+/m0/s1. The number of nitrogens with zero attached hydrogens (tertiary/aromatic N) is 1. The van der Waals surface area contributed by atoms with Gasteiger partial charge in [-0.15, -0.1) is 0 Å². The van der Waals surface area contributed by atoms with Crippen LogP contribution in [0.4, 0.5) is 0 Å². The molecule has 166 valence electrons. The predicted octanol–water partition coefficient (Wildman–Crippen LogP) is 4.57. The Bertz CT molecular complexity index is 827. The van der Waals surface area contributed by atoms with Gasteiger partial charge in [-0.1, -0.05) is 50.6 Å². The molecule has 5 heteroatoms. The smallest absolute Gasteiger partial charge is 0.224 e. The van der Waals surface area contributed by atoms with Crippen LogP contribution in [0, 0.1) is 35.0 Å². The highest BCUT2D eigenvalue weighted by Crippen LogP contribution is 2.48. The number of hydrogen-bond donors (Lipinski definition) is 1. The number of carbonyl (C=O) groups excluding carboxylic acids is 3. The summed E-state index contributed by atoms with van der Waals surface area (Å²) < 4.78 is 0. The van der Waals surface area contributed by atoms with Crippen molar-refractivity contribution in [3.05, 3.63) is 35.9 Å². The molecule has 5 atom stereocenters. The molecule has 0 heterocycles. The molecule has 31 heavy (non-hydrogen) atoms. The molecule has 0 bridgehead atoms. The lowest BCUT2D eigenvalue weighted by atomic mass is 9.83. The van der Waals surface area contributed by atoms with E-state index in [1.165, 1.54) is 5.56 Å². The van der Waals surface area contributed by atoms with Crippen LogP contribution >= 0.6 is 0 Å². The Balaban J connectivity index is 1.57. The Hall–Kier alpha value is -2.48. The van der Waals surface area contributed by atoms with Gasteiger partial charge in [-0.3, -0.25) is 14.4 Å². The molecule has 0 unspecified atom stereocenters. The lowest BCUT2D eigenvalue weighted by molar-refractivity contribution is -0.131. The fraction of sp³-hybridized carbons (Fsp3) is 0.615. The number of benzene rings is 1. The Morgan fingerprint density at radius 2 is 1.94 bits per heavy atom. The average molecular weight is 423 g/mol. The van der Waals surface area contributed by atoms with Crippen molar-refractivity contribution < 1.29 is 14.4 Å². The van der Waals surface area contributed by atoms with Crippen molar-refractivity contribution in [1.29, 1.82) is 5.26 Å². The highest BCUT2D eigenvalue weighted by Gasteiger charge is 2.44. The highest BCUT2D eigenvalue weighted by molar-refractivity contribution is 5.90. The summed E-state index contributed by atoms with van der Waals surface area (Å²) in [4.78, 5) is 38.0. The number of nitriles is 1. The predicted molar refractivity (Wildman–Crippen MR) is 119 cm³/mol. The van der Waals surface area contributed by atoms with Crippen LogP contribution in [0.5, 0.6) is 0 Å². The van der Waals surface area contributed by atoms with Crippen LogP contribution in [0.2, 0.25) is 0 Å². The zero-order valence-electron chi connectivity index (χ0n) is 18.7. The van der Waals surface area contributed by atoms with Gasteiger partial charge in [-0.25, -0.2) is 0 Å². The van der Waals surface area contributed by atoms with E-state index in [-0.39, 0.29) is 47.6 Å². The first-order chi connectivity index (χ1) is 14.9. The summed E-state index contributed by atoms with van der Waals surface area (Å²) in [6.45, 7) is 4.08. The second kappa shape index (κ2) is 10.7. The number of amides is 1. The summed E-state index contributed by atoms with van der Waals surface area (Å²) in [7, 11) is 0. The molecule has 2 aliphatic rings. The van der Waals surface area contributed by atoms with Gasteiger partial charge in [0.1, 0.15) is 17.6 Å². The van der Waals surface area contributed by atoms with Crippen molar-refractivity contribution in [3.63, 3.8) is 0 Å². The molecule has 1 amide bonds. The SMILES string of the molecule is CC(C)C[C@H](CC(=O)[C@@H]1C[C@H]1c1ccccc1)C(=O)N[C@H](C#N)C[C@@H]1CCCCC1=O. The minimum absolute atomic E-state index is 0.00325. The minimum Gasteiger partial charge on any atom is -0.340 e. The molecule has 0 aromatic heterocycles. The first-order valence-electron chi connectivity index (χ1n) is 11.7. The second-order valence-corrected chi connectivity index (χ2v) is 9.69. The third-order valence-corrected chi connectivity index (χ3v) is 6.68. The number of carbonyl (C=O) groups is 3. The molecule has 2 fully saturated rings. The van der Waals surface area contributed by atoms with Gasteiger partial charge in [0.15, 0.2) is 0 Å². The van der Waals surface area contributed by atoms with E-state index in [1.54, 1.807) is 0 Å². The molecule has 1 aromatic rings. The second-order valence-electron chi connectivity index (χ2n) is 9.69. The zero-order chi connectivity index (χ0) is 22.4. The topological polar surface area (TPSA) is 87.0 Å². The molecule has 1 aromatic carbocycles. The largest absolute Gasteiger partial charge is 0.340 e. The van der Waals surface area contributed by atoms with Gasteiger partial charge in [0.2, 0.25) is 5.91 Å². The Morgan fingerprint density at radius 1 is 1.19 bits per heavy atom. The van der Waals surface area contributed by atoms with Gasteiger partial charge in [0.05, 0.1) is 6.07 Å². The van der Waals surface area contributed by atoms with E-state index >= 15 is 0 Å². The van der Waals surface area contributed by atoms with Crippen LogP contribution in [-0.2, 0) is 14.4 Å². The first-order valence-corrected chi connectivity index (χ1v) is 11.7. The van der Waals surface area contributed by atoms with Crippen LogP contribution in [0.1, 0.15) is 76.7 Å². The summed E-state index contributed by atoms with van der Waals surface area (Å²) in [6, 6.07) is 11.5. The summed E-state index contributed by atoms with van der Waals surface area (Å²) in [5.74, 6) is 0.0874. The van der Waals surface area contributed by atoms with Crippen LogP contribution in [0.3, 0.4) is 0 Å². The fourth-order valence-corrected chi connectivity index (χ4v) is 4.89. The molecule has 2 saturated carbocycles. The van der Waals surface area contributed by atoms with Gasteiger partial charge < -0.3 is 5.32 Å². The Labute approximate surface area is 185 Å². The summed E-state index contributed by atoms with van der Waals surface area (Å²) in [6.07, 6.45) is 5.35. The van der Waals surface area contributed by atoms with E-state index in [4.69, 9.17) is 0 Å². The molecular formula is C26H34N2O3. The quantitative estimate of drug-likeness (QED) is 0.598. The molecule has 5 nitrogen and oxygen atoms in total. The third-order valence-electron chi connectivity index (χ3n) is 6.68. The molecule has 0 radical (unpaired) electrons. The van der Waals surface area contributed by atoms with Gasteiger partial charge in [-0.2, -0.15) is 5.26 Å². The average Bonchev–Trinajstić information content (AvgIpc) is 3.55. The minimum atomic E-state index is -0.678. The van der Waals surface area contributed by atoms with Crippen LogP contribution in [0.25, 0.3) is 0 Å². The number of nitrogens with one attached hydrogen (secondary N) is 1. The highest BCUT2D eigenvalue weighted by atomic mass is 16.2. The van der Waals surface area contributed by atoms with Crippen molar-refractivity contribution in [1.82, 2.24) is 5.32 Å². The van der Waals surface area contributed by atoms with E-state index in [0.29, 0.717) is 19.3 Å². The zero-order valence-corrected chi connectivity index (χ0v) is 18.7. The molecule has 0 saturated heterocycles. The molecule has 3 rings (SSSR count). The summed E-state index contributed by atoms with van der Waals surface area (Å²) in [5.41, 5.74) is 1.19. The summed E-state index contributed by atoms with van der Waals surface area (Å²) >= 11 is 0. The number of ketones is 2. The van der Waals surface area contributed by atoms with Crippen LogP contribution in [0.15, 0.2) is 30.3 Å². The van der Waals surface area contributed by atoms with Crippen LogP contribution in [-0.4, -0.2) is 23.5 Å². The van der Waals surface area contributed by atoms with Gasteiger partial charge in [0.25, 0.3) is 0 Å². The molecule has 1 N–H and O–H groups in total. The van der Waals surface area contributed by atoms with Crippen LogP contribution < -0.4 is 5.32 Å². The van der Waals surface area contributed by atoms with Crippen molar-refractivity contribution in [3.8, 4) is 6.07 Å². The van der Waals surface area contributed by atoms with Gasteiger partial charge in [-0.05, 0) is 49.5 Å². The maximum absolute atomic E-state index is 13.0. The lowest BCUT2D eigenvalue weighted by Crippen LogP contribution is -2.41. The molecule has 0 aliphatic heterocycles. The Kier molecular flexibility index (Phi) is 8.01. The molecular weight excluding hydrogens is 388 g/mol. The van der Waals surface area contributed by atoms with Crippen molar-refractivity contribution in [2.75, 3.05) is 0 Å². The Morgan fingerprint density at radius 3 is 2.58 bits per heavy atom. The van der Waals surface area contributed by atoms with Crippen molar-refractivity contribution >= 4 is 17.5 Å². The van der Waals surface area contributed by atoms with E-state index < -0.39 is 12.0 Å². The van der Waals surface area contributed by atoms with Crippen molar-refractivity contribution in [2.45, 2.75) is 77.2 Å². The van der Waals surface area contributed by atoms with Gasteiger partial charge in [0, 0.05) is 30.6 Å². The van der Waals surface area contributed by atoms with E-state index in [2.05, 4.69) is 23.5 Å². The first kappa shape index (κ1) is 23.2. The number of hydrogen-bond acceptors (Lipinski definition) is 4. The molecule has 2 aliphatic carbocycles. The van der Waals surface area contributed by atoms with E-state index in [9.17, 15) is 19.6 Å². The lowest BCUT2D eigenvalue weighted by Gasteiger charge is -2.24. The maximum atomic E-state index is 13.0. The van der Waals surface area contributed by atoms with Crippen molar-refractivity contribution in [2.24, 2.45) is 23.7 Å². The number of rotatable bonds is 10. The number of Topliss-reactive ketones (excluding diaryl/α,β-unsaturated/α-hetero) is 2. The monoisotopic (exact) mass is 422 g/mol. The molecule has 0 spiro atoms. The fourth-order valence-electron chi connectivity index (χ4n) is 4.89. The van der Waals surface area contributed by atoms with E-state index in [0.717, 1.165) is 25.7 Å².